The molecule has 5 heteroatoms. The molecule has 0 saturated heterocycles. The zero-order valence-electron chi connectivity index (χ0n) is 16.0. The second-order valence-electron chi connectivity index (χ2n) is 7.20. The van der Waals surface area contributed by atoms with E-state index in [0.717, 1.165) is 23.3 Å². The van der Waals surface area contributed by atoms with E-state index in [-0.39, 0.29) is 11.8 Å². The van der Waals surface area contributed by atoms with Crippen molar-refractivity contribution in [3.8, 4) is 10.4 Å². The highest BCUT2D eigenvalue weighted by molar-refractivity contribution is 7.17. The van der Waals surface area contributed by atoms with Gasteiger partial charge >= 0.3 is 0 Å². The lowest BCUT2D eigenvalue weighted by molar-refractivity contribution is 0.0827. The molecule has 1 N–H and O–H groups in total. The van der Waals surface area contributed by atoms with E-state index in [1.165, 1.54) is 21.6 Å². The van der Waals surface area contributed by atoms with Crippen molar-refractivity contribution in [3.05, 3.63) is 81.7 Å². The summed E-state index contributed by atoms with van der Waals surface area (Å²) >= 11 is 1.57. The Morgan fingerprint density at radius 2 is 1.71 bits per heavy atom. The van der Waals surface area contributed by atoms with Gasteiger partial charge in [-0.05, 0) is 53.3 Å². The Kier molecular flexibility index (Phi) is 5.01. The van der Waals surface area contributed by atoms with E-state index < -0.39 is 0 Å². The van der Waals surface area contributed by atoms with Crippen molar-refractivity contribution in [2.24, 2.45) is 0 Å². The van der Waals surface area contributed by atoms with Crippen molar-refractivity contribution in [3.63, 3.8) is 0 Å². The summed E-state index contributed by atoms with van der Waals surface area (Å²) in [6, 6.07) is 17.8. The third kappa shape index (κ3) is 3.58. The van der Waals surface area contributed by atoms with Crippen molar-refractivity contribution in [1.29, 1.82) is 0 Å². The summed E-state index contributed by atoms with van der Waals surface area (Å²) in [5, 5.41) is 3.00. The van der Waals surface area contributed by atoms with Crippen LogP contribution in [0, 0.1) is 0 Å². The fourth-order valence-corrected chi connectivity index (χ4v) is 4.66. The summed E-state index contributed by atoms with van der Waals surface area (Å²) in [5.74, 6) is -0.0784. The van der Waals surface area contributed by atoms with E-state index in [0.29, 0.717) is 12.1 Å². The first kappa shape index (κ1) is 18.4. The molecule has 0 aliphatic heterocycles. The molecule has 0 spiro atoms. The van der Waals surface area contributed by atoms with Gasteiger partial charge < -0.3 is 10.2 Å². The lowest BCUT2D eigenvalue weighted by Crippen LogP contribution is -2.23. The van der Waals surface area contributed by atoms with E-state index >= 15 is 0 Å². The standard InChI is InChI=1S/C23H22N2O2S/c1-25(2)23(27)17-9-7-15(8-10-17)14-24-22(26)20-13-18-12-11-16-5-3-4-6-19(16)21(18)28-20/h3-10,13H,11-12,14H2,1-2H3,(H,24,26). The maximum Gasteiger partial charge on any atom is 0.261 e. The van der Waals surface area contributed by atoms with E-state index in [2.05, 4.69) is 29.6 Å². The average Bonchev–Trinajstić information content (AvgIpc) is 3.17. The highest BCUT2D eigenvalue weighted by Crippen LogP contribution is 2.39. The maximum atomic E-state index is 12.7. The lowest BCUT2D eigenvalue weighted by Gasteiger charge is -2.15. The summed E-state index contributed by atoms with van der Waals surface area (Å²) in [5.41, 5.74) is 5.49. The second-order valence-corrected chi connectivity index (χ2v) is 8.25. The van der Waals surface area contributed by atoms with Crippen LogP contribution in [-0.2, 0) is 19.4 Å². The normalized spacial score (nSPS) is 12.1. The smallest absolute Gasteiger partial charge is 0.261 e. The lowest BCUT2D eigenvalue weighted by atomic mass is 9.91. The molecule has 142 valence electrons. The van der Waals surface area contributed by atoms with Gasteiger partial charge in [-0.25, -0.2) is 0 Å². The highest BCUT2D eigenvalue weighted by atomic mass is 32.1. The first-order chi connectivity index (χ1) is 13.5. The molecule has 28 heavy (non-hydrogen) atoms. The van der Waals surface area contributed by atoms with Gasteiger partial charge in [0.05, 0.1) is 4.88 Å². The molecule has 1 aliphatic rings. The van der Waals surface area contributed by atoms with Gasteiger partial charge in [-0.3, -0.25) is 9.59 Å². The molecule has 1 aliphatic carbocycles. The minimum Gasteiger partial charge on any atom is -0.347 e. The van der Waals surface area contributed by atoms with Gasteiger partial charge in [0.15, 0.2) is 0 Å². The molecular formula is C23H22N2O2S. The summed E-state index contributed by atoms with van der Waals surface area (Å²) in [6.07, 6.45) is 2.01. The van der Waals surface area contributed by atoms with E-state index in [1.54, 1.807) is 42.5 Å². The Hall–Kier alpha value is -2.92. The van der Waals surface area contributed by atoms with Crippen molar-refractivity contribution in [2.75, 3.05) is 14.1 Å². The van der Waals surface area contributed by atoms with Gasteiger partial charge in [-0.1, -0.05) is 36.4 Å². The molecule has 1 heterocycles. The molecule has 1 aromatic heterocycles. The number of rotatable bonds is 4. The van der Waals surface area contributed by atoms with Crippen LogP contribution in [-0.4, -0.2) is 30.8 Å². The number of fused-ring (bicyclic) bond motifs is 3. The average molecular weight is 391 g/mol. The minimum absolute atomic E-state index is 0.0277. The summed E-state index contributed by atoms with van der Waals surface area (Å²) in [6.45, 7) is 0.439. The summed E-state index contributed by atoms with van der Waals surface area (Å²) < 4.78 is 0. The largest absolute Gasteiger partial charge is 0.347 e. The van der Waals surface area contributed by atoms with Gasteiger partial charge in [0.2, 0.25) is 0 Å². The predicted molar refractivity (Wildman–Crippen MR) is 113 cm³/mol. The fourth-order valence-electron chi connectivity index (χ4n) is 3.48. The molecule has 0 radical (unpaired) electrons. The number of carbonyl (C=O) groups is 2. The van der Waals surface area contributed by atoms with Crippen molar-refractivity contribution >= 4 is 23.2 Å². The molecule has 4 nitrogen and oxygen atoms in total. The zero-order chi connectivity index (χ0) is 19.7. The first-order valence-corrected chi connectivity index (χ1v) is 10.1. The van der Waals surface area contributed by atoms with Gasteiger partial charge in [-0.2, -0.15) is 0 Å². The summed E-state index contributed by atoms with van der Waals surface area (Å²) in [4.78, 5) is 28.1. The van der Waals surface area contributed by atoms with Crippen LogP contribution in [0.5, 0.6) is 0 Å². The number of carbonyl (C=O) groups excluding carboxylic acids is 2. The molecule has 0 saturated carbocycles. The number of aryl methyl sites for hydroxylation is 2. The number of hydrogen-bond acceptors (Lipinski definition) is 3. The maximum absolute atomic E-state index is 12.7. The predicted octanol–water partition coefficient (Wildman–Crippen LogP) is 4.15. The van der Waals surface area contributed by atoms with E-state index in [9.17, 15) is 9.59 Å². The van der Waals surface area contributed by atoms with Crippen molar-refractivity contribution in [2.45, 2.75) is 19.4 Å². The molecule has 3 aromatic rings. The highest BCUT2D eigenvalue weighted by Gasteiger charge is 2.21. The van der Waals surface area contributed by atoms with E-state index in [4.69, 9.17) is 0 Å². The fraction of sp³-hybridized carbons (Fsp3) is 0.217. The van der Waals surface area contributed by atoms with Gasteiger partial charge in [0.25, 0.3) is 11.8 Å². The molecule has 0 bridgehead atoms. The quantitative estimate of drug-likeness (QED) is 0.728. The Bertz CT molecular complexity index is 1040. The minimum atomic E-state index is -0.0506. The van der Waals surface area contributed by atoms with Crippen LogP contribution < -0.4 is 5.32 Å². The zero-order valence-corrected chi connectivity index (χ0v) is 16.8. The number of nitrogens with zero attached hydrogens (tertiary/aromatic N) is 1. The van der Waals surface area contributed by atoms with Crippen LogP contribution in [0.2, 0.25) is 0 Å². The molecule has 2 amide bonds. The second kappa shape index (κ2) is 7.60. The monoisotopic (exact) mass is 390 g/mol. The Morgan fingerprint density at radius 3 is 2.46 bits per heavy atom. The number of thiophene rings is 1. The Labute approximate surface area is 168 Å². The summed E-state index contributed by atoms with van der Waals surface area (Å²) in [7, 11) is 3.46. The number of amides is 2. The topological polar surface area (TPSA) is 49.4 Å². The molecule has 4 rings (SSSR count). The van der Waals surface area contributed by atoms with Crippen LogP contribution in [0.3, 0.4) is 0 Å². The van der Waals surface area contributed by atoms with Gasteiger partial charge in [-0.15, -0.1) is 11.3 Å². The third-order valence-electron chi connectivity index (χ3n) is 5.02. The van der Waals surface area contributed by atoms with Crippen LogP contribution in [0.25, 0.3) is 10.4 Å². The first-order valence-electron chi connectivity index (χ1n) is 9.32. The Morgan fingerprint density at radius 1 is 1.00 bits per heavy atom. The van der Waals surface area contributed by atoms with E-state index in [1.807, 2.05) is 18.2 Å². The van der Waals surface area contributed by atoms with Crippen LogP contribution in [0.15, 0.2) is 54.6 Å². The molecule has 2 aromatic carbocycles. The molecular weight excluding hydrogens is 368 g/mol. The van der Waals surface area contributed by atoms with Crippen molar-refractivity contribution in [1.82, 2.24) is 10.2 Å². The molecule has 0 unspecified atom stereocenters. The number of hydrogen-bond donors (Lipinski definition) is 1. The van der Waals surface area contributed by atoms with Gasteiger partial charge in [0, 0.05) is 31.1 Å². The molecule has 0 fully saturated rings. The SMILES string of the molecule is CN(C)C(=O)c1ccc(CNC(=O)c2cc3c(s2)-c2ccccc2CC3)cc1. The van der Waals surface area contributed by atoms with Crippen LogP contribution in [0.4, 0.5) is 0 Å². The number of nitrogens with one attached hydrogen (secondary N) is 1. The van der Waals surface area contributed by atoms with Crippen molar-refractivity contribution < 1.29 is 9.59 Å². The number of benzene rings is 2. The van der Waals surface area contributed by atoms with Gasteiger partial charge in [0.1, 0.15) is 0 Å². The Balaban J connectivity index is 1.44. The molecule has 0 atom stereocenters. The van der Waals surface area contributed by atoms with Crippen LogP contribution in [0.1, 0.15) is 36.7 Å². The third-order valence-corrected chi connectivity index (χ3v) is 6.23. The van der Waals surface area contributed by atoms with Crippen LogP contribution >= 0.6 is 11.3 Å².